The van der Waals surface area contributed by atoms with Gasteiger partial charge in [0, 0.05) is 19.1 Å². The lowest BCUT2D eigenvalue weighted by Crippen LogP contribution is -2.43. The lowest BCUT2D eigenvalue weighted by molar-refractivity contribution is 0.329. The molecule has 1 saturated heterocycles. The summed E-state index contributed by atoms with van der Waals surface area (Å²) in [5.74, 6) is 0.623. The molecule has 0 unspecified atom stereocenters. The SMILES string of the molecule is N#Cc1ccc(NC2CCN(S(=O)(=O)C3CC3)CC2)nn1. The number of piperidine rings is 1. The van der Waals surface area contributed by atoms with Gasteiger partial charge in [-0.05, 0) is 37.8 Å². The molecule has 1 N–H and O–H groups in total. The summed E-state index contributed by atoms with van der Waals surface area (Å²) in [5.41, 5.74) is 0.283. The van der Waals surface area contributed by atoms with Gasteiger partial charge < -0.3 is 5.32 Å². The molecular weight excluding hydrogens is 290 g/mol. The third-order valence-electron chi connectivity index (χ3n) is 3.89. The molecule has 1 aromatic heterocycles. The van der Waals surface area contributed by atoms with Gasteiger partial charge in [-0.25, -0.2) is 12.7 Å². The maximum absolute atomic E-state index is 12.1. The maximum Gasteiger partial charge on any atom is 0.216 e. The smallest absolute Gasteiger partial charge is 0.216 e. The Morgan fingerprint density at radius 2 is 1.90 bits per heavy atom. The lowest BCUT2D eigenvalue weighted by atomic mass is 10.1. The van der Waals surface area contributed by atoms with E-state index in [-0.39, 0.29) is 17.0 Å². The predicted octanol–water partition coefficient (Wildman–Crippen LogP) is 0.717. The highest BCUT2D eigenvalue weighted by molar-refractivity contribution is 7.90. The van der Waals surface area contributed by atoms with E-state index in [0.29, 0.717) is 18.9 Å². The standard InChI is InChI=1S/C13H17N5O2S/c14-9-11-1-4-13(17-16-11)15-10-5-7-18(8-6-10)21(19,20)12-2-3-12/h1,4,10,12H,2-3,5-8H2,(H,15,17). The molecule has 2 fully saturated rings. The number of rotatable bonds is 4. The van der Waals surface area contributed by atoms with Crippen LogP contribution in [0.3, 0.4) is 0 Å². The average molecular weight is 307 g/mol. The van der Waals surface area contributed by atoms with Gasteiger partial charge >= 0.3 is 0 Å². The summed E-state index contributed by atoms with van der Waals surface area (Å²) in [6.45, 7) is 1.11. The molecule has 0 bridgehead atoms. The van der Waals surface area contributed by atoms with E-state index in [1.165, 1.54) is 0 Å². The van der Waals surface area contributed by atoms with Crippen LogP contribution < -0.4 is 5.32 Å². The fourth-order valence-electron chi connectivity index (χ4n) is 2.51. The van der Waals surface area contributed by atoms with Crippen LogP contribution in [0.5, 0.6) is 0 Å². The Kier molecular flexibility index (Phi) is 3.78. The van der Waals surface area contributed by atoms with E-state index in [9.17, 15) is 8.42 Å². The van der Waals surface area contributed by atoms with Crippen molar-refractivity contribution in [3.63, 3.8) is 0 Å². The van der Waals surface area contributed by atoms with Crippen LogP contribution in [0.2, 0.25) is 0 Å². The van der Waals surface area contributed by atoms with Gasteiger partial charge in [0.1, 0.15) is 11.9 Å². The first-order chi connectivity index (χ1) is 10.1. The number of hydrogen-bond acceptors (Lipinski definition) is 6. The van der Waals surface area contributed by atoms with Gasteiger partial charge in [-0.1, -0.05) is 0 Å². The lowest BCUT2D eigenvalue weighted by Gasteiger charge is -2.31. The molecular formula is C13H17N5O2S. The van der Waals surface area contributed by atoms with E-state index in [2.05, 4.69) is 15.5 Å². The molecule has 1 aromatic rings. The zero-order valence-electron chi connectivity index (χ0n) is 11.6. The van der Waals surface area contributed by atoms with Crippen LogP contribution in [0.4, 0.5) is 5.82 Å². The van der Waals surface area contributed by atoms with Crippen molar-refractivity contribution in [2.75, 3.05) is 18.4 Å². The van der Waals surface area contributed by atoms with Crippen molar-refractivity contribution < 1.29 is 8.42 Å². The number of anilines is 1. The summed E-state index contributed by atoms with van der Waals surface area (Å²) in [6.07, 6.45) is 3.13. The van der Waals surface area contributed by atoms with Crippen molar-refractivity contribution in [1.29, 1.82) is 5.26 Å². The second kappa shape index (κ2) is 5.58. The van der Waals surface area contributed by atoms with Crippen LogP contribution in [0, 0.1) is 11.3 Å². The topological polar surface area (TPSA) is 99.0 Å². The fourth-order valence-corrected chi connectivity index (χ4v) is 4.38. The van der Waals surface area contributed by atoms with Gasteiger partial charge in [-0.2, -0.15) is 5.26 Å². The Balaban J connectivity index is 1.55. The minimum atomic E-state index is -3.05. The minimum Gasteiger partial charge on any atom is -0.366 e. The molecule has 0 amide bonds. The molecule has 2 aliphatic rings. The normalized spacial score (nSPS) is 20.9. The molecule has 1 aliphatic heterocycles. The first-order valence-corrected chi connectivity index (χ1v) is 8.59. The third-order valence-corrected chi connectivity index (χ3v) is 6.29. The zero-order valence-corrected chi connectivity index (χ0v) is 12.4. The van der Waals surface area contributed by atoms with Gasteiger partial charge in [0.2, 0.25) is 10.0 Å². The van der Waals surface area contributed by atoms with Gasteiger partial charge in [-0.3, -0.25) is 0 Å². The van der Waals surface area contributed by atoms with Crippen LogP contribution in [-0.2, 0) is 10.0 Å². The molecule has 8 heteroatoms. The van der Waals surface area contributed by atoms with E-state index in [1.807, 2.05) is 6.07 Å². The monoisotopic (exact) mass is 307 g/mol. The predicted molar refractivity (Wildman–Crippen MR) is 76.9 cm³/mol. The Hall–Kier alpha value is -1.72. The van der Waals surface area contributed by atoms with E-state index in [1.54, 1.807) is 16.4 Å². The van der Waals surface area contributed by atoms with Gasteiger partial charge in [-0.15, -0.1) is 10.2 Å². The maximum atomic E-state index is 12.1. The molecule has 3 rings (SSSR count). The highest BCUT2D eigenvalue weighted by Gasteiger charge is 2.41. The van der Waals surface area contributed by atoms with Crippen molar-refractivity contribution in [2.45, 2.75) is 37.0 Å². The van der Waals surface area contributed by atoms with Crippen molar-refractivity contribution in [3.05, 3.63) is 17.8 Å². The first-order valence-electron chi connectivity index (χ1n) is 7.09. The summed E-state index contributed by atoms with van der Waals surface area (Å²) in [4.78, 5) is 0. The largest absolute Gasteiger partial charge is 0.366 e. The minimum absolute atomic E-state index is 0.133. The molecule has 21 heavy (non-hydrogen) atoms. The highest BCUT2D eigenvalue weighted by atomic mass is 32.2. The molecule has 112 valence electrons. The highest BCUT2D eigenvalue weighted by Crippen LogP contribution is 2.32. The van der Waals surface area contributed by atoms with Crippen LogP contribution in [0.25, 0.3) is 0 Å². The summed E-state index contributed by atoms with van der Waals surface area (Å²) >= 11 is 0. The summed E-state index contributed by atoms with van der Waals surface area (Å²) in [5, 5.41) is 19.5. The number of nitrogens with one attached hydrogen (secondary N) is 1. The number of hydrogen-bond donors (Lipinski definition) is 1. The Morgan fingerprint density at radius 3 is 2.43 bits per heavy atom. The second-order valence-corrected chi connectivity index (χ2v) is 7.69. The zero-order chi connectivity index (χ0) is 14.9. The Labute approximate surface area is 124 Å². The molecule has 0 spiro atoms. The van der Waals surface area contributed by atoms with Crippen molar-refractivity contribution in [3.8, 4) is 6.07 Å². The Morgan fingerprint density at radius 1 is 1.19 bits per heavy atom. The van der Waals surface area contributed by atoms with E-state index in [4.69, 9.17) is 5.26 Å². The van der Waals surface area contributed by atoms with Crippen LogP contribution in [0.15, 0.2) is 12.1 Å². The summed E-state index contributed by atoms with van der Waals surface area (Å²) < 4.78 is 25.9. The summed E-state index contributed by atoms with van der Waals surface area (Å²) in [6, 6.07) is 5.45. The molecule has 0 radical (unpaired) electrons. The van der Waals surface area contributed by atoms with Crippen molar-refractivity contribution in [1.82, 2.24) is 14.5 Å². The molecule has 1 saturated carbocycles. The molecule has 0 atom stereocenters. The number of sulfonamides is 1. The van der Waals surface area contributed by atoms with E-state index < -0.39 is 10.0 Å². The molecule has 2 heterocycles. The van der Waals surface area contributed by atoms with Crippen molar-refractivity contribution in [2.24, 2.45) is 0 Å². The van der Waals surface area contributed by atoms with Crippen LogP contribution in [-0.4, -0.2) is 47.3 Å². The first kappa shape index (κ1) is 14.2. The van der Waals surface area contributed by atoms with E-state index in [0.717, 1.165) is 25.7 Å². The summed E-state index contributed by atoms with van der Waals surface area (Å²) in [7, 11) is -3.05. The second-order valence-electron chi connectivity index (χ2n) is 5.48. The van der Waals surface area contributed by atoms with Gasteiger partial charge in [0.05, 0.1) is 5.25 Å². The molecule has 7 nitrogen and oxygen atoms in total. The van der Waals surface area contributed by atoms with Gasteiger partial charge in [0.25, 0.3) is 0 Å². The molecule has 1 aliphatic carbocycles. The van der Waals surface area contributed by atoms with E-state index >= 15 is 0 Å². The van der Waals surface area contributed by atoms with Gasteiger partial charge in [0.15, 0.2) is 5.69 Å². The average Bonchev–Trinajstić information content (AvgIpc) is 3.34. The number of nitriles is 1. The Bertz CT molecular complexity index is 640. The third kappa shape index (κ3) is 3.14. The van der Waals surface area contributed by atoms with Crippen molar-refractivity contribution >= 4 is 15.8 Å². The molecule has 0 aromatic carbocycles. The van der Waals surface area contributed by atoms with Crippen LogP contribution in [0.1, 0.15) is 31.4 Å². The number of aromatic nitrogens is 2. The van der Waals surface area contributed by atoms with Crippen LogP contribution >= 0.6 is 0 Å². The number of nitrogens with zero attached hydrogens (tertiary/aromatic N) is 4. The quantitative estimate of drug-likeness (QED) is 0.880. The fraction of sp³-hybridized carbons (Fsp3) is 0.615.